The van der Waals surface area contributed by atoms with E-state index >= 15 is 0 Å². The lowest BCUT2D eigenvalue weighted by molar-refractivity contribution is -0.0634. The average Bonchev–Trinajstić information content (AvgIpc) is 2.97. The molecule has 0 aromatic heterocycles. The highest BCUT2D eigenvalue weighted by molar-refractivity contribution is 5.03. The lowest BCUT2D eigenvalue weighted by Gasteiger charge is -2.41. The molecule has 96 valence electrons. The van der Waals surface area contributed by atoms with E-state index in [9.17, 15) is 0 Å². The quantitative estimate of drug-likeness (QED) is 0.695. The Labute approximate surface area is 104 Å². The van der Waals surface area contributed by atoms with Crippen molar-refractivity contribution in [2.45, 2.75) is 31.4 Å². The Balaban J connectivity index is 1.68. The summed E-state index contributed by atoms with van der Waals surface area (Å²) in [5, 5.41) is 0. The molecule has 1 heterocycles. The maximum absolute atomic E-state index is 6.05. The Morgan fingerprint density at radius 3 is 2.76 bits per heavy atom. The van der Waals surface area contributed by atoms with Crippen molar-refractivity contribution >= 4 is 0 Å². The average molecular weight is 237 g/mol. The first-order chi connectivity index (χ1) is 8.40. The van der Waals surface area contributed by atoms with Crippen molar-refractivity contribution in [2.24, 2.45) is 11.8 Å². The fourth-order valence-electron chi connectivity index (χ4n) is 4.00. The van der Waals surface area contributed by atoms with E-state index in [2.05, 4.69) is 11.5 Å². The second-order valence-corrected chi connectivity index (χ2v) is 5.56. The van der Waals surface area contributed by atoms with Crippen molar-refractivity contribution in [3.8, 4) is 0 Å². The summed E-state index contributed by atoms with van der Waals surface area (Å²) < 4.78 is 11.5. The highest BCUT2D eigenvalue weighted by Gasteiger charge is 2.50. The van der Waals surface area contributed by atoms with Gasteiger partial charge in [0, 0.05) is 19.1 Å². The minimum absolute atomic E-state index is 0.449. The van der Waals surface area contributed by atoms with E-state index in [-0.39, 0.29) is 0 Å². The summed E-state index contributed by atoms with van der Waals surface area (Å²) in [6.45, 7) is 8.42. The Morgan fingerprint density at radius 2 is 2.00 bits per heavy atom. The maximum Gasteiger partial charge on any atom is 0.0765 e. The summed E-state index contributed by atoms with van der Waals surface area (Å²) in [6, 6.07) is 0.651. The fraction of sp³-hybridized carbons (Fsp3) is 0.857. The second kappa shape index (κ2) is 5.09. The molecule has 1 saturated heterocycles. The summed E-state index contributed by atoms with van der Waals surface area (Å²) >= 11 is 0. The molecule has 0 radical (unpaired) electrons. The molecule has 0 aromatic rings. The van der Waals surface area contributed by atoms with Crippen molar-refractivity contribution in [1.29, 1.82) is 0 Å². The van der Waals surface area contributed by atoms with Gasteiger partial charge in [0.1, 0.15) is 0 Å². The lowest BCUT2D eigenvalue weighted by atomic mass is 9.91. The zero-order chi connectivity index (χ0) is 11.7. The van der Waals surface area contributed by atoms with Gasteiger partial charge in [-0.05, 0) is 31.1 Å². The molecule has 3 aliphatic rings. The van der Waals surface area contributed by atoms with Crippen LogP contribution in [0.1, 0.15) is 19.3 Å². The van der Waals surface area contributed by atoms with Crippen LogP contribution in [-0.2, 0) is 9.47 Å². The van der Waals surface area contributed by atoms with Gasteiger partial charge >= 0.3 is 0 Å². The van der Waals surface area contributed by atoms with Gasteiger partial charge in [-0.1, -0.05) is 6.08 Å². The molecule has 0 spiro atoms. The topological polar surface area (TPSA) is 21.7 Å². The van der Waals surface area contributed by atoms with Gasteiger partial charge in [0.2, 0.25) is 0 Å². The first kappa shape index (κ1) is 11.7. The van der Waals surface area contributed by atoms with Crippen LogP contribution in [0, 0.1) is 11.8 Å². The largest absolute Gasteiger partial charge is 0.379 e. The van der Waals surface area contributed by atoms with Crippen LogP contribution in [-0.4, -0.2) is 50.0 Å². The fourth-order valence-corrected chi connectivity index (χ4v) is 4.00. The Bertz CT molecular complexity index is 275. The number of rotatable bonds is 4. The lowest BCUT2D eigenvalue weighted by Crippen LogP contribution is -2.52. The van der Waals surface area contributed by atoms with Gasteiger partial charge in [0.15, 0.2) is 0 Å². The van der Waals surface area contributed by atoms with Crippen LogP contribution in [0.3, 0.4) is 0 Å². The van der Waals surface area contributed by atoms with Crippen molar-refractivity contribution in [3.05, 3.63) is 12.7 Å². The summed E-state index contributed by atoms with van der Waals surface area (Å²) in [4.78, 5) is 2.61. The molecule has 0 N–H and O–H groups in total. The van der Waals surface area contributed by atoms with Crippen LogP contribution in [0.5, 0.6) is 0 Å². The first-order valence-electron chi connectivity index (χ1n) is 6.94. The molecule has 0 amide bonds. The first-order valence-corrected chi connectivity index (χ1v) is 6.94. The smallest absolute Gasteiger partial charge is 0.0765 e. The molecule has 4 unspecified atom stereocenters. The summed E-state index contributed by atoms with van der Waals surface area (Å²) in [7, 11) is 0. The monoisotopic (exact) mass is 237 g/mol. The van der Waals surface area contributed by atoms with E-state index < -0.39 is 0 Å². The van der Waals surface area contributed by atoms with E-state index in [4.69, 9.17) is 9.47 Å². The van der Waals surface area contributed by atoms with Crippen LogP contribution in [0.25, 0.3) is 0 Å². The molecule has 3 heteroatoms. The molecule has 2 aliphatic carbocycles. The summed E-state index contributed by atoms with van der Waals surface area (Å²) in [5.74, 6) is 1.67. The van der Waals surface area contributed by atoms with Crippen LogP contribution in [0.4, 0.5) is 0 Å². The third-order valence-corrected chi connectivity index (χ3v) is 4.67. The molecule has 3 rings (SSSR count). The van der Waals surface area contributed by atoms with Crippen LogP contribution >= 0.6 is 0 Å². The molecular formula is C14H23NO2. The number of ether oxygens (including phenoxy) is 2. The van der Waals surface area contributed by atoms with Crippen molar-refractivity contribution in [1.82, 2.24) is 4.90 Å². The van der Waals surface area contributed by atoms with E-state index in [1.807, 2.05) is 6.08 Å². The van der Waals surface area contributed by atoms with Crippen LogP contribution in [0.2, 0.25) is 0 Å². The van der Waals surface area contributed by atoms with E-state index in [0.717, 1.165) is 38.1 Å². The van der Waals surface area contributed by atoms with Crippen molar-refractivity contribution < 1.29 is 9.47 Å². The number of morpholine rings is 1. The van der Waals surface area contributed by atoms with E-state index in [0.29, 0.717) is 18.8 Å². The molecule has 0 aromatic carbocycles. The number of nitrogens with zero attached hydrogens (tertiary/aromatic N) is 1. The molecule has 2 saturated carbocycles. The Morgan fingerprint density at radius 1 is 1.24 bits per heavy atom. The normalized spacial score (nSPS) is 41.9. The van der Waals surface area contributed by atoms with Gasteiger partial charge in [-0.3, -0.25) is 4.90 Å². The van der Waals surface area contributed by atoms with E-state index in [1.165, 1.54) is 19.3 Å². The summed E-state index contributed by atoms with van der Waals surface area (Å²) in [6.07, 6.45) is 6.48. The predicted molar refractivity (Wildman–Crippen MR) is 66.9 cm³/mol. The van der Waals surface area contributed by atoms with Gasteiger partial charge in [-0.25, -0.2) is 0 Å². The molecule has 2 bridgehead atoms. The molecule has 1 aliphatic heterocycles. The van der Waals surface area contributed by atoms with E-state index in [1.54, 1.807) is 0 Å². The standard InChI is InChI=1S/C14H23NO2/c1-2-7-17-14-12-4-3-11(10-12)13(14)15-5-8-16-9-6-15/h2,11-14H,1,3-10H2. The van der Waals surface area contributed by atoms with Crippen molar-refractivity contribution in [2.75, 3.05) is 32.9 Å². The number of hydrogen-bond donors (Lipinski definition) is 0. The zero-order valence-electron chi connectivity index (χ0n) is 10.5. The van der Waals surface area contributed by atoms with Crippen LogP contribution in [0.15, 0.2) is 12.7 Å². The number of hydrogen-bond acceptors (Lipinski definition) is 3. The highest BCUT2D eigenvalue weighted by atomic mass is 16.5. The zero-order valence-corrected chi connectivity index (χ0v) is 10.5. The molecule has 17 heavy (non-hydrogen) atoms. The second-order valence-electron chi connectivity index (χ2n) is 5.56. The van der Waals surface area contributed by atoms with Gasteiger partial charge in [0.25, 0.3) is 0 Å². The van der Waals surface area contributed by atoms with Gasteiger partial charge in [-0.15, -0.1) is 6.58 Å². The third-order valence-electron chi connectivity index (χ3n) is 4.67. The van der Waals surface area contributed by atoms with Gasteiger partial charge in [-0.2, -0.15) is 0 Å². The Hall–Kier alpha value is -0.380. The van der Waals surface area contributed by atoms with Gasteiger partial charge in [0.05, 0.1) is 25.9 Å². The molecule has 3 nitrogen and oxygen atoms in total. The van der Waals surface area contributed by atoms with Crippen molar-refractivity contribution in [3.63, 3.8) is 0 Å². The molecule has 4 atom stereocenters. The predicted octanol–water partition coefficient (Wildman–Crippen LogP) is 1.69. The minimum atomic E-state index is 0.449. The molecular weight excluding hydrogens is 214 g/mol. The van der Waals surface area contributed by atoms with Gasteiger partial charge < -0.3 is 9.47 Å². The third kappa shape index (κ3) is 2.16. The highest BCUT2D eigenvalue weighted by Crippen LogP contribution is 2.48. The number of fused-ring (bicyclic) bond motifs is 2. The maximum atomic E-state index is 6.05. The minimum Gasteiger partial charge on any atom is -0.379 e. The Kier molecular flexibility index (Phi) is 3.50. The molecule has 3 fully saturated rings. The SMILES string of the molecule is C=CCOC1C2CCC(C2)C1N1CCOCC1. The van der Waals surface area contributed by atoms with Crippen LogP contribution < -0.4 is 0 Å². The summed E-state index contributed by atoms with van der Waals surface area (Å²) in [5.41, 5.74) is 0.